The Labute approximate surface area is 144 Å². The first-order valence-electron chi connectivity index (χ1n) is 7.70. The number of halogens is 2. The van der Waals surface area contributed by atoms with Crippen molar-refractivity contribution in [3.63, 3.8) is 0 Å². The molecular weight excluding hydrogens is 350 g/mol. The van der Waals surface area contributed by atoms with E-state index in [-0.39, 0.29) is 23.0 Å². The summed E-state index contributed by atoms with van der Waals surface area (Å²) in [5.41, 5.74) is 0.399. The van der Waals surface area contributed by atoms with Gasteiger partial charge in [0.15, 0.2) is 0 Å². The van der Waals surface area contributed by atoms with Gasteiger partial charge in [0.25, 0.3) is 5.91 Å². The fourth-order valence-electron chi connectivity index (χ4n) is 2.23. The summed E-state index contributed by atoms with van der Waals surface area (Å²) in [6, 6.07) is 8.78. The summed E-state index contributed by atoms with van der Waals surface area (Å²) < 4.78 is 53.1. The minimum Gasteiger partial charge on any atom is -0.348 e. The fourth-order valence-corrected chi connectivity index (χ4v) is 3.53. The van der Waals surface area contributed by atoms with Gasteiger partial charge < -0.3 is 5.32 Å². The molecule has 0 unspecified atom stereocenters. The number of amides is 1. The number of sulfonamides is 1. The number of hydrogen-bond acceptors (Lipinski definition) is 3. The molecule has 1 amide bonds. The molecule has 1 fully saturated rings. The molecule has 1 aliphatic carbocycles. The number of rotatable bonds is 6. The number of carbonyl (C=O) groups is 1. The highest BCUT2D eigenvalue weighted by molar-refractivity contribution is 7.89. The Morgan fingerprint density at radius 1 is 1.08 bits per heavy atom. The molecule has 0 aromatic heterocycles. The highest BCUT2D eigenvalue weighted by Gasteiger charge is 2.27. The molecule has 132 valence electrons. The van der Waals surface area contributed by atoms with Crippen LogP contribution in [-0.2, 0) is 16.6 Å². The van der Waals surface area contributed by atoms with Crippen LogP contribution in [0, 0.1) is 11.6 Å². The molecule has 8 heteroatoms. The number of benzene rings is 2. The van der Waals surface area contributed by atoms with Gasteiger partial charge in [-0.3, -0.25) is 4.79 Å². The molecule has 3 rings (SSSR count). The molecule has 0 radical (unpaired) electrons. The van der Waals surface area contributed by atoms with Crippen molar-refractivity contribution >= 4 is 15.9 Å². The summed E-state index contributed by atoms with van der Waals surface area (Å²) in [6.07, 6.45) is 1.70. The fraction of sp³-hybridized carbons (Fsp3) is 0.235. The molecule has 0 spiro atoms. The standard InChI is InChI=1S/C17H16F2N2O3S/c18-12-3-8-15(16(19)9-12)17(22)20-10-11-1-6-14(7-2-11)25(23,24)21-13-4-5-13/h1-3,6-9,13,21H,4-5,10H2,(H,20,22). The third kappa shape index (κ3) is 4.40. The Hall–Kier alpha value is -2.32. The predicted molar refractivity (Wildman–Crippen MR) is 87.3 cm³/mol. The zero-order chi connectivity index (χ0) is 18.0. The minimum absolute atomic E-state index is 0.0228. The second-order valence-corrected chi connectivity index (χ2v) is 7.56. The van der Waals surface area contributed by atoms with E-state index in [4.69, 9.17) is 0 Å². The summed E-state index contributed by atoms with van der Waals surface area (Å²) in [6.45, 7) is 0.0893. The molecule has 5 nitrogen and oxygen atoms in total. The van der Waals surface area contributed by atoms with Crippen molar-refractivity contribution in [1.29, 1.82) is 0 Å². The minimum atomic E-state index is -3.52. The van der Waals surface area contributed by atoms with E-state index in [1.807, 2.05) is 0 Å². The van der Waals surface area contributed by atoms with Crippen LogP contribution in [0.2, 0.25) is 0 Å². The van der Waals surface area contributed by atoms with Crippen molar-refractivity contribution in [2.24, 2.45) is 0 Å². The summed E-state index contributed by atoms with van der Waals surface area (Å²) in [7, 11) is -3.52. The van der Waals surface area contributed by atoms with E-state index >= 15 is 0 Å². The Bertz CT molecular complexity index is 895. The van der Waals surface area contributed by atoms with Crippen LogP contribution in [-0.4, -0.2) is 20.4 Å². The van der Waals surface area contributed by atoms with Gasteiger partial charge in [-0.25, -0.2) is 21.9 Å². The molecule has 0 saturated heterocycles. The van der Waals surface area contributed by atoms with Gasteiger partial charge >= 0.3 is 0 Å². The van der Waals surface area contributed by atoms with Gasteiger partial charge in [0.1, 0.15) is 11.6 Å². The number of carbonyl (C=O) groups excluding carboxylic acids is 1. The van der Waals surface area contributed by atoms with Crippen LogP contribution in [0.5, 0.6) is 0 Å². The van der Waals surface area contributed by atoms with Gasteiger partial charge in [-0.05, 0) is 42.7 Å². The molecule has 2 aromatic carbocycles. The molecule has 1 aliphatic rings. The van der Waals surface area contributed by atoms with E-state index in [1.54, 1.807) is 12.1 Å². The van der Waals surface area contributed by atoms with Crippen LogP contribution in [0.4, 0.5) is 8.78 Å². The van der Waals surface area contributed by atoms with Crippen molar-refractivity contribution in [2.45, 2.75) is 30.3 Å². The molecule has 0 heterocycles. The summed E-state index contributed by atoms with van der Waals surface area (Å²) in [4.78, 5) is 12.1. The molecule has 0 atom stereocenters. The SMILES string of the molecule is O=C(NCc1ccc(S(=O)(=O)NC2CC2)cc1)c1ccc(F)cc1F. The Kier molecular flexibility index (Phi) is 4.82. The average molecular weight is 366 g/mol. The average Bonchev–Trinajstić information content (AvgIpc) is 3.36. The highest BCUT2D eigenvalue weighted by Crippen LogP contribution is 2.22. The van der Waals surface area contributed by atoms with Crippen molar-refractivity contribution < 1.29 is 22.0 Å². The first kappa shape index (κ1) is 17.5. The molecule has 0 bridgehead atoms. The molecule has 0 aliphatic heterocycles. The van der Waals surface area contributed by atoms with Gasteiger partial charge in [0, 0.05) is 18.7 Å². The van der Waals surface area contributed by atoms with Crippen LogP contribution in [0.15, 0.2) is 47.4 Å². The van der Waals surface area contributed by atoms with Crippen molar-refractivity contribution in [2.75, 3.05) is 0 Å². The highest BCUT2D eigenvalue weighted by atomic mass is 32.2. The molecular formula is C17H16F2N2O3S. The van der Waals surface area contributed by atoms with Gasteiger partial charge in [0.05, 0.1) is 10.5 Å². The van der Waals surface area contributed by atoms with Crippen molar-refractivity contribution in [3.05, 3.63) is 65.2 Å². The molecule has 2 aromatic rings. The molecule has 1 saturated carbocycles. The van der Waals surface area contributed by atoms with Crippen molar-refractivity contribution in [3.8, 4) is 0 Å². The Morgan fingerprint density at radius 3 is 2.36 bits per heavy atom. The second kappa shape index (κ2) is 6.89. The molecule has 2 N–H and O–H groups in total. The maximum Gasteiger partial charge on any atom is 0.254 e. The lowest BCUT2D eigenvalue weighted by Crippen LogP contribution is -2.26. The topological polar surface area (TPSA) is 75.3 Å². The third-order valence-corrected chi connectivity index (χ3v) is 5.30. The third-order valence-electron chi connectivity index (χ3n) is 3.76. The monoisotopic (exact) mass is 366 g/mol. The van der Waals surface area contributed by atoms with Crippen molar-refractivity contribution in [1.82, 2.24) is 10.0 Å². The van der Waals surface area contributed by atoms with Gasteiger partial charge in [-0.15, -0.1) is 0 Å². The van der Waals surface area contributed by atoms with E-state index < -0.39 is 27.6 Å². The largest absolute Gasteiger partial charge is 0.348 e. The van der Waals surface area contributed by atoms with Crippen LogP contribution in [0.25, 0.3) is 0 Å². The zero-order valence-corrected chi connectivity index (χ0v) is 13.9. The first-order chi connectivity index (χ1) is 11.8. The Balaban J connectivity index is 1.62. The van der Waals surface area contributed by atoms with E-state index in [2.05, 4.69) is 10.0 Å². The van der Waals surface area contributed by atoms with Crippen LogP contribution < -0.4 is 10.0 Å². The number of hydrogen-bond donors (Lipinski definition) is 2. The molecule has 25 heavy (non-hydrogen) atoms. The lowest BCUT2D eigenvalue weighted by atomic mass is 10.2. The maximum absolute atomic E-state index is 13.5. The Morgan fingerprint density at radius 2 is 1.76 bits per heavy atom. The van der Waals surface area contributed by atoms with Gasteiger partial charge in [-0.2, -0.15) is 0 Å². The van der Waals surface area contributed by atoms with Gasteiger partial charge in [-0.1, -0.05) is 12.1 Å². The van der Waals surface area contributed by atoms with Crippen LogP contribution >= 0.6 is 0 Å². The normalized spacial score (nSPS) is 14.3. The van der Waals surface area contributed by atoms with Crippen LogP contribution in [0.3, 0.4) is 0 Å². The van der Waals surface area contributed by atoms with E-state index in [0.29, 0.717) is 11.6 Å². The summed E-state index contributed by atoms with van der Waals surface area (Å²) in [5.74, 6) is -2.37. The quantitative estimate of drug-likeness (QED) is 0.824. The lowest BCUT2D eigenvalue weighted by molar-refractivity contribution is 0.0946. The van der Waals surface area contributed by atoms with E-state index in [9.17, 15) is 22.0 Å². The van der Waals surface area contributed by atoms with Gasteiger partial charge in [0.2, 0.25) is 10.0 Å². The number of nitrogens with one attached hydrogen (secondary N) is 2. The predicted octanol–water partition coefficient (Wildman–Crippen LogP) is 2.34. The zero-order valence-electron chi connectivity index (χ0n) is 13.1. The first-order valence-corrected chi connectivity index (χ1v) is 9.18. The van der Waals surface area contributed by atoms with E-state index in [0.717, 1.165) is 25.0 Å². The summed E-state index contributed by atoms with van der Waals surface area (Å²) >= 11 is 0. The van der Waals surface area contributed by atoms with E-state index in [1.165, 1.54) is 12.1 Å². The lowest BCUT2D eigenvalue weighted by Gasteiger charge is -2.08. The maximum atomic E-state index is 13.5. The summed E-state index contributed by atoms with van der Waals surface area (Å²) in [5, 5.41) is 2.51. The second-order valence-electron chi connectivity index (χ2n) is 5.85. The van der Waals surface area contributed by atoms with Crippen LogP contribution in [0.1, 0.15) is 28.8 Å². The smallest absolute Gasteiger partial charge is 0.254 e.